The van der Waals surface area contributed by atoms with Gasteiger partial charge in [0.1, 0.15) is 0 Å². The minimum Gasteiger partial charge on any atom is -0.432 e. The van der Waals surface area contributed by atoms with Gasteiger partial charge in [0.2, 0.25) is 5.91 Å². The monoisotopic (exact) mass is 310 g/mol. The van der Waals surface area contributed by atoms with Gasteiger partial charge in [-0.25, -0.2) is 0 Å². The molecule has 19 heavy (non-hydrogen) atoms. The highest BCUT2D eigenvalue weighted by Crippen LogP contribution is 2.37. The second kappa shape index (κ2) is 5.90. The normalized spacial score (nSPS) is 15.2. The largest absolute Gasteiger partial charge is 0.432 e. The van der Waals surface area contributed by atoms with Crippen LogP contribution in [0.4, 0.5) is 14.5 Å². The summed E-state index contributed by atoms with van der Waals surface area (Å²) >= 11 is 11.6. The molecule has 2 rings (SSSR count). The van der Waals surface area contributed by atoms with Gasteiger partial charge in [-0.2, -0.15) is 8.78 Å². The number of anilines is 1. The number of hydrogen-bond donors (Lipinski definition) is 2. The van der Waals surface area contributed by atoms with Crippen molar-refractivity contribution in [2.24, 2.45) is 5.92 Å². The molecule has 1 heterocycles. The SMILES string of the molecule is O=C(Nc1cc(Cl)c(OC(F)F)c(Cl)c1)C1CNC1. The number of carbonyl (C=O) groups is 1. The third kappa shape index (κ3) is 3.46. The lowest BCUT2D eigenvalue weighted by atomic mass is 10.0. The van der Waals surface area contributed by atoms with Crippen LogP contribution in [0.5, 0.6) is 5.75 Å². The lowest BCUT2D eigenvalue weighted by Crippen LogP contribution is -2.48. The Kier molecular flexibility index (Phi) is 4.44. The lowest BCUT2D eigenvalue weighted by molar-refractivity contribution is -0.121. The number of carbonyl (C=O) groups excluding carboxylic acids is 1. The minimum absolute atomic E-state index is 0.0881. The van der Waals surface area contributed by atoms with Crippen molar-refractivity contribution >= 4 is 34.8 Å². The van der Waals surface area contributed by atoms with Crippen molar-refractivity contribution in [1.82, 2.24) is 5.32 Å². The maximum atomic E-state index is 12.1. The molecule has 0 aliphatic carbocycles. The zero-order valence-electron chi connectivity index (χ0n) is 9.55. The maximum Gasteiger partial charge on any atom is 0.387 e. The van der Waals surface area contributed by atoms with Crippen molar-refractivity contribution < 1.29 is 18.3 Å². The number of rotatable bonds is 4. The van der Waals surface area contributed by atoms with Crippen LogP contribution in [0.25, 0.3) is 0 Å². The summed E-state index contributed by atoms with van der Waals surface area (Å²) in [7, 11) is 0. The molecule has 0 atom stereocenters. The number of hydrogen-bond acceptors (Lipinski definition) is 3. The van der Waals surface area contributed by atoms with E-state index in [1.807, 2.05) is 0 Å². The van der Waals surface area contributed by atoms with Crippen molar-refractivity contribution in [3.8, 4) is 5.75 Å². The molecule has 1 amide bonds. The van der Waals surface area contributed by atoms with Gasteiger partial charge in [-0.3, -0.25) is 4.79 Å². The van der Waals surface area contributed by atoms with E-state index in [1.54, 1.807) is 0 Å². The summed E-state index contributed by atoms with van der Waals surface area (Å²) in [6.07, 6.45) is 0. The molecule has 0 bridgehead atoms. The van der Waals surface area contributed by atoms with E-state index in [-0.39, 0.29) is 27.6 Å². The van der Waals surface area contributed by atoms with Gasteiger partial charge in [0.05, 0.1) is 16.0 Å². The van der Waals surface area contributed by atoms with Crippen LogP contribution >= 0.6 is 23.2 Å². The van der Waals surface area contributed by atoms with Crippen molar-refractivity contribution in [3.63, 3.8) is 0 Å². The average Bonchev–Trinajstić information content (AvgIpc) is 2.20. The maximum absolute atomic E-state index is 12.1. The van der Waals surface area contributed by atoms with Crippen LogP contribution in [0.15, 0.2) is 12.1 Å². The van der Waals surface area contributed by atoms with Crippen LogP contribution in [-0.4, -0.2) is 25.6 Å². The number of amides is 1. The van der Waals surface area contributed by atoms with Gasteiger partial charge < -0.3 is 15.4 Å². The van der Waals surface area contributed by atoms with Gasteiger partial charge in [0, 0.05) is 18.8 Å². The third-order valence-electron chi connectivity index (χ3n) is 2.63. The Labute approximate surface area is 118 Å². The molecule has 0 unspecified atom stereocenters. The van der Waals surface area contributed by atoms with Crippen molar-refractivity contribution in [2.75, 3.05) is 18.4 Å². The first-order chi connectivity index (χ1) is 8.97. The molecule has 2 N–H and O–H groups in total. The van der Waals surface area contributed by atoms with E-state index in [2.05, 4.69) is 15.4 Å². The van der Waals surface area contributed by atoms with Gasteiger partial charge in [-0.1, -0.05) is 23.2 Å². The molecular weight excluding hydrogens is 301 g/mol. The first-order valence-corrected chi connectivity index (χ1v) is 6.18. The number of alkyl halides is 2. The van der Waals surface area contributed by atoms with Crippen LogP contribution in [0.3, 0.4) is 0 Å². The molecule has 4 nitrogen and oxygen atoms in total. The second-order valence-corrected chi connectivity index (χ2v) is 4.81. The Balaban J connectivity index is 2.12. The molecular formula is C11H10Cl2F2N2O2. The number of ether oxygens (including phenoxy) is 1. The second-order valence-electron chi connectivity index (χ2n) is 3.99. The summed E-state index contributed by atoms with van der Waals surface area (Å²) in [6.45, 7) is -1.80. The predicted molar refractivity (Wildman–Crippen MR) is 68.1 cm³/mol. The summed E-state index contributed by atoms with van der Waals surface area (Å²) in [5.74, 6) is -0.579. The Morgan fingerprint density at radius 3 is 2.37 bits per heavy atom. The zero-order valence-corrected chi connectivity index (χ0v) is 11.1. The molecule has 0 radical (unpaired) electrons. The highest BCUT2D eigenvalue weighted by Gasteiger charge is 2.25. The van der Waals surface area contributed by atoms with E-state index >= 15 is 0 Å². The molecule has 0 spiro atoms. The highest BCUT2D eigenvalue weighted by molar-refractivity contribution is 6.37. The van der Waals surface area contributed by atoms with E-state index < -0.39 is 6.61 Å². The quantitative estimate of drug-likeness (QED) is 0.899. The van der Waals surface area contributed by atoms with E-state index in [0.717, 1.165) is 0 Å². The van der Waals surface area contributed by atoms with Crippen molar-refractivity contribution in [2.45, 2.75) is 6.61 Å². The molecule has 1 saturated heterocycles. The molecule has 8 heteroatoms. The molecule has 0 aromatic heterocycles. The van der Waals surface area contributed by atoms with Crippen molar-refractivity contribution in [1.29, 1.82) is 0 Å². The van der Waals surface area contributed by atoms with Crippen molar-refractivity contribution in [3.05, 3.63) is 22.2 Å². The molecule has 1 aliphatic heterocycles. The number of benzene rings is 1. The summed E-state index contributed by atoms with van der Waals surface area (Å²) in [5.41, 5.74) is 0.341. The number of nitrogens with one attached hydrogen (secondary N) is 2. The Bertz CT molecular complexity index is 473. The molecule has 104 valence electrons. The van der Waals surface area contributed by atoms with Gasteiger partial charge in [-0.15, -0.1) is 0 Å². The molecule has 1 aliphatic rings. The van der Waals surface area contributed by atoms with E-state index in [4.69, 9.17) is 23.2 Å². The smallest absolute Gasteiger partial charge is 0.387 e. The van der Waals surface area contributed by atoms with E-state index in [1.165, 1.54) is 12.1 Å². The van der Waals surface area contributed by atoms with Gasteiger partial charge >= 0.3 is 6.61 Å². The van der Waals surface area contributed by atoms with Crippen LogP contribution in [0, 0.1) is 5.92 Å². The highest BCUT2D eigenvalue weighted by atomic mass is 35.5. The Hall–Kier alpha value is -1.11. The molecule has 1 fully saturated rings. The average molecular weight is 311 g/mol. The Morgan fingerprint density at radius 2 is 1.95 bits per heavy atom. The molecule has 1 aromatic rings. The fourth-order valence-electron chi connectivity index (χ4n) is 1.55. The van der Waals surface area contributed by atoms with Crippen LogP contribution < -0.4 is 15.4 Å². The van der Waals surface area contributed by atoms with Crippen LogP contribution in [-0.2, 0) is 4.79 Å². The fraction of sp³-hybridized carbons (Fsp3) is 0.364. The third-order valence-corrected chi connectivity index (χ3v) is 3.19. The van der Waals surface area contributed by atoms with Crippen LogP contribution in [0.2, 0.25) is 10.0 Å². The van der Waals surface area contributed by atoms with Crippen LogP contribution in [0.1, 0.15) is 0 Å². The lowest BCUT2D eigenvalue weighted by Gasteiger charge is -2.25. The van der Waals surface area contributed by atoms with Gasteiger partial charge in [-0.05, 0) is 12.1 Å². The first kappa shape index (κ1) is 14.3. The van der Waals surface area contributed by atoms with E-state index in [9.17, 15) is 13.6 Å². The summed E-state index contributed by atoms with van der Waals surface area (Å²) in [5, 5.41) is 5.40. The minimum atomic E-state index is -3.02. The zero-order chi connectivity index (χ0) is 14.0. The molecule has 0 saturated carbocycles. The summed E-state index contributed by atoms with van der Waals surface area (Å²) < 4.78 is 28.5. The fourth-order valence-corrected chi connectivity index (χ4v) is 2.13. The number of halogens is 4. The summed E-state index contributed by atoms with van der Waals surface area (Å²) in [6, 6.07) is 2.63. The van der Waals surface area contributed by atoms with Gasteiger partial charge in [0.15, 0.2) is 5.75 Å². The molecule has 1 aromatic carbocycles. The standard InChI is InChI=1S/C11H10Cl2F2N2O2/c12-7-1-6(17-10(18)5-3-16-4-5)2-8(13)9(7)19-11(14)15/h1-2,5,11,16H,3-4H2,(H,17,18). The van der Waals surface area contributed by atoms with Gasteiger partial charge in [0.25, 0.3) is 0 Å². The van der Waals surface area contributed by atoms with E-state index in [0.29, 0.717) is 18.8 Å². The predicted octanol–water partition coefficient (Wildman–Crippen LogP) is 2.75. The summed E-state index contributed by atoms with van der Waals surface area (Å²) in [4.78, 5) is 11.7. The first-order valence-electron chi connectivity index (χ1n) is 5.43. The Morgan fingerprint density at radius 1 is 1.37 bits per heavy atom. The topological polar surface area (TPSA) is 50.4 Å².